The Kier molecular flexibility index (Phi) is 6.65. The van der Waals surface area contributed by atoms with Crippen LogP contribution in [-0.4, -0.2) is 49.5 Å². The number of nitrogens with zero attached hydrogens (tertiary/aromatic N) is 4. The van der Waals surface area contributed by atoms with Crippen LogP contribution in [0.15, 0.2) is 67.1 Å². The molecule has 0 saturated carbocycles. The summed E-state index contributed by atoms with van der Waals surface area (Å²) in [6.07, 6.45) is 0.310. The number of alkyl halides is 3. The molecule has 1 atom stereocenters. The Morgan fingerprint density at radius 3 is 2.78 bits per heavy atom. The molecule has 0 unspecified atom stereocenters. The molecule has 1 aliphatic rings. The van der Waals surface area contributed by atoms with Crippen molar-refractivity contribution in [2.75, 3.05) is 18.4 Å². The van der Waals surface area contributed by atoms with Gasteiger partial charge in [0.1, 0.15) is 17.0 Å². The van der Waals surface area contributed by atoms with E-state index in [2.05, 4.69) is 27.1 Å². The molecule has 1 amide bonds. The Morgan fingerprint density at radius 1 is 1.14 bits per heavy atom. The van der Waals surface area contributed by atoms with Gasteiger partial charge >= 0.3 is 6.18 Å². The van der Waals surface area contributed by atoms with Crippen LogP contribution in [0.4, 0.5) is 18.9 Å². The summed E-state index contributed by atoms with van der Waals surface area (Å²) in [5.41, 5.74) is 1.22. The largest absolute Gasteiger partial charge is 0.416 e. The number of aromatic nitrogens is 3. The zero-order valence-electron chi connectivity index (χ0n) is 19.5. The van der Waals surface area contributed by atoms with E-state index in [0.29, 0.717) is 36.6 Å². The molecule has 4 heterocycles. The number of aliphatic hydroxyl groups is 1. The van der Waals surface area contributed by atoms with Crippen LogP contribution >= 0.6 is 0 Å². The normalized spacial score (nSPS) is 15.9. The first-order valence-corrected chi connectivity index (χ1v) is 11.6. The zero-order chi connectivity index (χ0) is 26.0. The van der Waals surface area contributed by atoms with Crippen LogP contribution < -0.4 is 5.32 Å². The topological polar surface area (TPSA) is 82.8 Å². The fraction of sp³-hybridized carbons (Fsp3) is 0.222. The molecule has 1 aliphatic heterocycles. The molecule has 3 aromatic heterocycles. The molecule has 1 fully saturated rings. The SMILES string of the molecule is O=C(Nc1ccnc(C#Cc2cnc3ccccn23)c1)c1ccc(CN2CC[C@@H](O)C2)c(C(F)(F)F)c1. The Balaban J connectivity index is 1.33. The highest BCUT2D eigenvalue weighted by Crippen LogP contribution is 2.34. The van der Waals surface area contributed by atoms with Gasteiger partial charge in [-0.3, -0.25) is 14.1 Å². The lowest BCUT2D eigenvalue weighted by molar-refractivity contribution is -0.138. The quantitative estimate of drug-likeness (QED) is 0.411. The number of amides is 1. The van der Waals surface area contributed by atoms with Crippen molar-refractivity contribution in [1.29, 1.82) is 0 Å². The van der Waals surface area contributed by atoms with Crippen LogP contribution in [0.1, 0.15) is 39.3 Å². The number of pyridine rings is 2. The predicted octanol–water partition coefficient (Wildman–Crippen LogP) is 3.97. The first kappa shape index (κ1) is 24.5. The minimum absolute atomic E-state index is 0.0483. The van der Waals surface area contributed by atoms with Crippen molar-refractivity contribution in [2.24, 2.45) is 0 Å². The van der Waals surface area contributed by atoms with Crippen LogP contribution in [0.3, 0.4) is 0 Å². The summed E-state index contributed by atoms with van der Waals surface area (Å²) in [6.45, 7) is 0.891. The molecule has 0 bridgehead atoms. The fourth-order valence-electron chi connectivity index (χ4n) is 4.25. The number of halogens is 3. The first-order valence-electron chi connectivity index (χ1n) is 11.6. The van der Waals surface area contributed by atoms with E-state index in [1.54, 1.807) is 17.2 Å². The van der Waals surface area contributed by atoms with Gasteiger partial charge in [-0.1, -0.05) is 12.1 Å². The number of carbonyl (C=O) groups excluding carboxylic acids is 1. The summed E-state index contributed by atoms with van der Waals surface area (Å²) in [6, 6.07) is 12.2. The summed E-state index contributed by atoms with van der Waals surface area (Å²) < 4.78 is 43.2. The lowest BCUT2D eigenvalue weighted by Crippen LogP contribution is -2.24. The van der Waals surface area contributed by atoms with Gasteiger partial charge in [0, 0.05) is 43.3 Å². The van der Waals surface area contributed by atoms with Gasteiger partial charge in [-0.2, -0.15) is 13.2 Å². The monoisotopic (exact) mass is 505 g/mol. The molecule has 2 N–H and O–H groups in total. The zero-order valence-corrected chi connectivity index (χ0v) is 19.5. The number of rotatable bonds is 4. The number of nitrogens with one attached hydrogen (secondary N) is 1. The summed E-state index contributed by atoms with van der Waals surface area (Å²) in [7, 11) is 0. The van der Waals surface area contributed by atoms with Gasteiger partial charge < -0.3 is 10.4 Å². The van der Waals surface area contributed by atoms with Crippen molar-refractivity contribution < 1.29 is 23.1 Å². The lowest BCUT2D eigenvalue weighted by atomic mass is 10.0. The molecule has 0 aliphatic carbocycles. The molecule has 10 heteroatoms. The van der Waals surface area contributed by atoms with Crippen molar-refractivity contribution in [3.05, 3.63) is 95.2 Å². The number of carbonyl (C=O) groups is 1. The van der Waals surface area contributed by atoms with Crippen LogP contribution in [0, 0.1) is 11.8 Å². The maximum Gasteiger partial charge on any atom is 0.416 e. The molecule has 4 aromatic rings. The third-order valence-corrected chi connectivity index (χ3v) is 6.07. The third-order valence-electron chi connectivity index (χ3n) is 6.07. The second-order valence-electron chi connectivity index (χ2n) is 8.75. The van der Waals surface area contributed by atoms with Crippen molar-refractivity contribution in [3.63, 3.8) is 0 Å². The molecule has 0 spiro atoms. The lowest BCUT2D eigenvalue weighted by Gasteiger charge is -2.19. The van der Waals surface area contributed by atoms with E-state index in [1.165, 1.54) is 24.4 Å². The second kappa shape index (κ2) is 10.0. The van der Waals surface area contributed by atoms with E-state index in [1.807, 2.05) is 28.8 Å². The molecule has 188 valence electrons. The van der Waals surface area contributed by atoms with Crippen LogP contribution in [0.5, 0.6) is 0 Å². The van der Waals surface area contributed by atoms with Crippen molar-refractivity contribution in [2.45, 2.75) is 25.2 Å². The maximum absolute atomic E-state index is 13.8. The number of fused-ring (bicyclic) bond motifs is 1. The minimum atomic E-state index is -4.62. The number of benzene rings is 1. The van der Waals surface area contributed by atoms with E-state index >= 15 is 0 Å². The smallest absolute Gasteiger partial charge is 0.392 e. The van der Waals surface area contributed by atoms with Gasteiger partial charge in [0.2, 0.25) is 0 Å². The van der Waals surface area contributed by atoms with E-state index in [-0.39, 0.29) is 17.7 Å². The number of imidazole rings is 1. The number of β-amino-alcohol motifs (C(OH)–C–C–N with tert-alkyl or cyclic N) is 1. The third kappa shape index (κ3) is 5.63. The van der Waals surface area contributed by atoms with Crippen molar-refractivity contribution >= 4 is 17.2 Å². The van der Waals surface area contributed by atoms with Gasteiger partial charge in [-0.25, -0.2) is 9.97 Å². The van der Waals surface area contributed by atoms with E-state index in [0.717, 1.165) is 11.7 Å². The molecule has 0 radical (unpaired) electrons. The number of hydrogen-bond donors (Lipinski definition) is 2. The molecular formula is C27H22F3N5O2. The number of aliphatic hydroxyl groups excluding tert-OH is 1. The Hall–Kier alpha value is -4.20. The van der Waals surface area contributed by atoms with Crippen molar-refractivity contribution in [1.82, 2.24) is 19.3 Å². The minimum Gasteiger partial charge on any atom is -0.392 e. The van der Waals surface area contributed by atoms with E-state index < -0.39 is 23.8 Å². The van der Waals surface area contributed by atoms with Crippen LogP contribution in [0.2, 0.25) is 0 Å². The van der Waals surface area contributed by atoms with Gasteiger partial charge in [-0.05, 0) is 60.2 Å². The molecule has 5 rings (SSSR count). The highest BCUT2D eigenvalue weighted by Gasteiger charge is 2.35. The summed E-state index contributed by atoms with van der Waals surface area (Å²) in [5.74, 6) is 5.23. The standard InChI is InChI=1S/C27H22F3N5O2/c28-27(29,30)24-13-18(4-5-19(24)16-34-12-9-23(36)17-34)26(37)33-21-8-10-31-20(14-21)6-7-22-15-32-25-3-1-2-11-35(22)25/h1-5,8,10-11,13-15,23,36H,9,12,16-17H2,(H,31,33,37)/t23-/m1/s1. The Labute approximate surface area is 210 Å². The Morgan fingerprint density at radius 2 is 2.00 bits per heavy atom. The summed E-state index contributed by atoms with van der Waals surface area (Å²) in [4.78, 5) is 23.0. The summed E-state index contributed by atoms with van der Waals surface area (Å²) >= 11 is 0. The fourth-order valence-corrected chi connectivity index (χ4v) is 4.25. The molecule has 37 heavy (non-hydrogen) atoms. The van der Waals surface area contributed by atoms with Crippen LogP contribution in [-0.2, 0) is 12.7 Å². The van der Waals surface area contributed by atoms with Gasteiger partial charge in [0.05, 0.1) is 17.9 Å². The van der Waals surface area contributed by atoms with Gasteiger partial charge in [0.15, 0.2) is 0 Å². The Bertz CT molecular complexity index is 1520. The summed E-state index contributed by atoms with van der Waals surface area (Å²) in [5, 5.41) is 12.3. The van der Waals surface area contributed by atoms with E-state index in [9.17, 15) is 23.1 Å². The average molecular weight is 506 g/mol. The molecule has 1 saturated heterocycles. The molecule has 7 nitrogen and oxygen atoms in total. The average Bonchev–Trinajstić information content (AvgIpc) is 3.48. The van der Waals surface area contributed by atoms with Gasteiger partial charge in [-0.15, -0.1) is 0 Å². The second-order valence-corrected chi connectivity index (χ2v) is 8.75. The van der Waals surface area contributed by atoms with Crippen LogP contribution in [0.25, 0.3) is 5.65 Å². The number of likely N-dealkylation sites (tertiary alicyclic amines) is 1. The number of hydrogen-bond acceptors (Lipinski definition) is 5. The first-order chi connectivity index (χ1) is 17.8. The molecule has 1 aromatic carbocycles. The predicted molar refractivity (Wildman–Crippen MR) is 131 cm³/mol. The molecular weight excluding hydrogens is 483 g/mol. The van der Waals surface area contributed by atoms with Gasteiger partial charge in [0.25, 0.3) is 5.91 Å². The highest BCUT2D eigenvalue weighted by molar-refractivity contribution is 6.04. The number of anilines is 1. The van der Waals surface area contributed by atoms with E-state index in [4.69, 9.17) is 0 Å². The highest BCUT2D eigenvalue weighted by atomic mass is 19.4. The maximum atomic E-state index is 13.8. The van der Waals surface area contributed by atoms with Crippen molar-refractivity contribution in [3.8, 4) is 11.8 Å².